The molecule has 0 atom stereocenters. The Bertz CT molecular complexity index is 1040. The van der Waals surface area contributed by atoms with E-state index in [2.05, 4.69) is 17.1 Å². The van der Waals surface area contributed by atoms with Crippen LogP contribution in [0.2, 0.25) is 0 Å². The van der Waals surface area contributed by atoms with Crippen molar-refractivity contribution in [2.24, 2.45) is 4.99 Å². The standard InChI is InChI=1S/C21H21N3O4S/c1-13-9-14(2)18(15(3)10-13)17-12-29(27-19(25)20(26)28-29)21(23-17)24(4)11-16-7-5-6-8-22-16/h5-10,12H,11H2,1-4H3. The van der Waals surface area contributed by atoms with Gasteiger partial charge >= 0.3 is 11.9 Å². The Morgan fingerprint density at radius 3 is 2.28 bits per heavy atom. The number of nitrogens with zero attached hydrogens (tertiary/aromatic N) is 3. The van der Waals surface area contributed by atoms with Crippen LogP contribution in [-0.2, 0) is 24.5 Å². The molecule has 1 spiro atoms. The van der Waals surface area contributed by atoms with E-state index in [4.69, 9.17) is 13.4 Å². The van der Waals surface area contributed by atoms with Crippen LogP contribution < -0.4 is 0 Å². The van der Waals surface area contributed by atoms with Gasteiger partial charge in [0.25, 0.3) is 0 Å². The summed E-state index contributed by atoms with van der Waals surface area (Å²) in [4.78, 5) is 34.7. The molecule has 1 aromatic carbocycles. The lowest BCUT2D eigenvalue weighted by Crippen LogP contribution is -2.29. The fourth-order valence-corrected chi connectivity index (χ4v) is 5.79. The first-order chi connectivity index (χ1) is 13.8. The molecule has 0 N–H and O–H groups in total. The number of pyridine rings is 1. The molecule has 0 bridgehead atoms. The maximum atomic E-state index is 11.9. The second-order valence-electron chi connectivity index (χ2n) is 7.13. The summed E-state index contributed by atoms with van der Waals surface area (Å²) in [5, 5.41) is 2.10. The topological polar surface area (TPSA) is 81.1 Å². The molecule has 2 aliphatic heterocycles. The number of carbonyl (C=O) groups is 2. The third-order valence-corrected chi connectivity index (χ3v) is 6.93. The van der Waals surface area contributed by atoms with Gasteiger partial charge in [0.15, 0.2) is 0 Å². The van der Waals surface area contributed by atoms with Crippen molar-refractivity contribution in [3.8, 4) is 0 Å². The molecule has 0 radical (unpaired) electrons. The van der Waals surface area contributed by atoms with E-state index in [-0.39, 0.29) is 0 Å². The molecule has 1 fully saturated rings. The van der Waals surface area contributed by atoms with Crippen molar-refractivity contribution in [3.05, 3.63) is 69.9 Å². The van der Waals surface area contributed by atoms with E-state index in [9.17, 15) is 9.59 Å². The molecule has 8 heteroatoms. The molecule has 0 amide bonds. The molecule has 150 valence electrons. The van der Waals surface area contributed by atoms with E-state index < -0.39 is 22.5 Å². The van der Waals surface area contributed by atoms with Gasteiger partial charge in [0.05, 0.1) is 23.3 Å². The maximum Gasteiger partial charge on any atom is 0.442 e. The molecular formula is C21H21N3O4S. The third-order valence-electron chi connectivity index (χ3n) is 4.69. The molecule has 0 unspecified atom stereocenters. The lowest BCUT2D eigenvalue weighted by molar-refractivity contribution is -0.150. The lowest BCUT2D eigenvalue weighted by atomic mass is 9.98. The van der Waals surface area contributed by atoms with Crippen LogP contribution in [0.25, 0.3) is 5.70 Å². The highest BCUT2D eigenvalue weighted by Crippen LogP contribution is 2.62. The van der Waals surface area contributed by atoms with E-state index in [0.29, 0.717) is 17.4 Å². The Hall–Kier alpha value is -3.13. The van der Waals surface area contributed by atoms with E-state index in [1.807, 2.05) is 50.9 Å². The molecule has 0 aliphatic carbocycles. The van der Waals surface area contributed by atoms with Crippen molar-refractivity contribution in [3.63, 3.8) is 0 Å². The first kappa shape index (κ1) is 19.2. The van der Waals surface area contributed by atoms with Crippen molar-refractivity contribution in [1.82, 2.24) is 9.88 Å². The van der Waals surface area contributed by atoms with Gasteiger partial charge in [-0.2, -0.15) is 0 Å². The number of carbonyl (C=O) groups excluding carboxylic acids is 2. The van der Waals surface area contributed by atoms with Crippen molar-refractivity contribution in [1.29, 1.82) is 0 Å². The predicted molar refractivity (Wildman–Crippen MR) is 112 cm³/mol. The Labute approximate surface area is 170 Å². The first-order valence-corrected chi connectivity index (χ1v) is 10.6. The summed E-state index contributed by atoms with van der Waals surface area (Å²) in [7, 11) is -0.925. The van der Waals surface area contributed by atoms with Gasteiger partial charge in [-0.1, -0.05) is 23.8 Å². The molecular weight excluding hydrogens is 390 g/mol. The van der Waals surface area contributed by atoms with Gasteiger partial charge in [-0.25, -0.2) is 14.6 Å². The van der Waals surface area contributed by atoms with Crippen LogP contribution in [0.15, 0.2) is 46.9 Å². The molecule has 4 rings (SSSR count). The van der Waals surface area contributed by atoms with Crippen LogP contribution in [0.1, 0.15) is 27.9 Å². The molecule has 1 saturated heterocycles. The summed E-state index contributed by atoms with van der Waals surface area (Å²) in [6, 6.07) is 9.77. The second-order valence-corrected chi connectivity index (χ2v) is 9.16. The minimum atomic E-state index is -2.74. The molecule has 2 aromatic rings. The highest BCUT2D eigenvalue weighted by Gasteiger charge is 2.49. The predicted octanol–water partition coefficient (Wildman–Crippen LogP) is 3.54. The summed E-state index contributed by atoms with van der Waals surface area (Å²) >= 11 is 0. The summed E-state index contributed by atoms with van der Waals surface area (Å²) < 4.78 is 10.9. The Morgan fingerprint density at radius 2 is 1.69 bits per heavy atom. The molecule has 7 nitrogen and oxygen atoms in total. The quantitative estimate of drug-likeness (QED) is 0.719. The SMILES string of the molecule is Cc1cc(C)c(C2=CS3(OC(=O)C(=O)O3)C(N(C)Cc3ccccn3)=N2)c(C)c1. The number of rotatable bonds is 3. The summed E-state index contributed by atoms with van der Waals surface area (Å²) in [6.07, 6.45) is 1.71. The number of hydrogen-bond donors (Lipinski definition) is 0. The van der Waals surface area contributed by atoms with Gasteiger partial charge in [-0.05, 0) is 54.6 Å². The van der Waals surface area contributed by atoms with E-state index in [1.54, 1.807) is 11.6 Å². The zero-order valence-corrected chi connectivity index (χ0v) is 17.4. The maximum absolute atomic E-state index is 11.9. The fourth-order valence-electron chi connectivity index (χ4n) is 3.63. The van der Waals surface area contributed by atoms with Crippen LogP contribution in [0, 0.1) is 20.8 Å². The zero-order valence-electron chi connectivity index (χ0n) is 16.6. The Balaban J connectivity index is 1.78. The van der Waals surface area contributed by atoms with Crippen LogP contribution in [-0.4, -0.2) is 34.0 Å². The number of aromatic nitrogens is 1. The number of aliphatic imine (C=N–C) groups is 1. The average Bonchev–Trinajstić information content (AvgIpc) is 3.14. The van der Waals surface area contributed by atoms with Gasteiger partial charge < -0.3 is 13.3 Å². The molecule has 0 saturated carbocycles. The van der Waals surface area contributed by atoms with Crippen LogP contribution >= 0.6 is 10.6 Å². The first-order valence-electron chi connectivity index (χ1n) is 9.09. The lowest BCUT2D eigenvalue weighted by Gasteiger charge is -2.33. The Morgan fingerprint density at radius 1 is 1.03 bits per heavy atom. The highest BCUT2D eigenvalue weighted by atomic mass is 32.3. The van der Waals surface area contributed by atoms with Gasteiger partial charge in [0.1, 0.15) is 0 Å². The van der Waals surface area contributed by atoms with Crippen LogP contribution in [0.5, 0.6) is 0 Å². The highest BCUT2D eigenvalue weighted by molar-refractivity contribution is 8.41. The van der Waals surface area contributed by atoms with E-state index in [1.165, 1.54) is 0 Å². The van der Waals surface area contributed by atoms with Crippen LogP contribution in [0.4, 0.5) is 0 Å². The van der Waals surface area contributed by atoms with Crippen molar-refractivity contribution in [2.75, 3.05) is 7.05 Å². The van der Waals surface area contributed by atoms with Crippen molar-refractivity contribution in [2.45, 2.75) is 27.3 Å². The minimum absolute atomic E-state index is 0.414. The summed E-state index contributed by atoms with van der Waals surface area (Å²) in [5.41, 5.74) is 5.66. The Kier molecular flexibility index (Phi) is 4.66. The smallest absolute Gasteiger partial charge is 0.339 e. The number of benzene rings is 1. The average molecular weight is 411 g/mol. The van der Waals surface area contributed by atoms with Crippen molar-refractivity contribution < 1.29 is 18.0 Å². The van der Waals surface area contributed by atoms with Crippen molar-refractivity contribution >= 4 is 33.4 Å². The molecule has 2 aliphatic rings. The number of hydrogen-bond acceptors (Lipinski definition) is 7. The normalized spacial score (nSPS) is 18.2. The van der Waals surface area contributed by atoms with Gasteiger partial charge in [-0.15, -0.1) is 0 Å². The fraction of sp³-hybridized carbons (Fsp3) is 0.238. The van der Waals surface area contributed by atoms with Gasteiger partial charge in [0, 0.05) is 18.8 Å². The van der Waals surface area contributed by atoms with Crippen LogP contribution in [0.3, 0.4) is 0 Å². The molecule has 29 heavy (non-hydrogen) atoms. The second kappa shape index (κ2) is 7.04. The zero-order chi connectivity index (χ0) is 20.8. The minimum Gasteiger partial charge on any atom is -0.339 e. The van der Waals surface area contributed by atoms with Gasteiger partial charge in [0.2, 0.25) is 5.17 Å². The summed E-state index contributed by atoms with van der Waals surface area (Å²) in [5.74, 6) is -1.98. The molecule has 1 aromatic heterocycles. The summed E-state index contributed by atoms with van der Waals surface area (Å²) in [6.45, 7) is 6.48. The largest absolute Gasteiger partial charge is 0.442 e. The van der Waals surface area contributed by atoms with E-state index >= 15 is 0 Å². The monoisotopic (exact) mass is 411 g/mol. The van der Waals surface area contributed by atoms with E-state index in [0.717, 1.165) is 27.9 Å². The molecule has 3 heterocycles. The third kappa shape index (κ3) is 3.40. The number of amidine groups is 1. The number of aryl methyl sites for hydroxylation is 3. The van der Waals surface area contributed by atoms with Gasteiger partial charge in [-0.3, -0.25) is 4.98 Å².